The van der Waals surface area contributed by atoms with E-state index in [9.17, 15) is 5.11 Å². The molecular weight excluding hydrogens is 380 g/mol. The van der Waals surface area contributed by atoms with Crippen LogP contribution in [0.4, 0.5) is 0 Å². The molecule has 1 N–H and O–H groups in total. The fourth-order valence-electron chi connectivity index (χ4n) is 4.11. The van der Waals surface area contributed by atoms with Gasteiger partial charge < -0.3 is 14.6 Å². The van der Waals surface area contributed by atoms with E-state index < -0.39 is 0 Å². The van der Waals surface area contributed by atoms with Gasteiger partial charge >= 0.3 is 0 Å². The highest BCUT2D eigenvalue weighted by atomic mass is 35.5. The van der Waals surface area contributed by atoms with Crippen LogP contribution in [0.3, 0.4) is 0 Å². The van der Waals surface area contributed by atoms with Crippen LogP contribution in [0.1, 0.15) is 48.1 Å². The van der Waals surface area contributed by atoms with Crippen LogP contribution in [0.25, 0.3) is 0 Å². The number of rotatable bonds is 4. The minimum absolute atomic E-state index is 0.0509. The fraction of sp³-hybridized carbons (Fsp3) is 0.455. The Balaban J connectivity index is 1.69. The van der Waals surface area contributed by atoms with E-state index in [4.69, 9.17) is 21.1 Å². The van der Waals surface area contributed by atoms with Crippen LogP contribution in [-0.4, -0.2) is 30.2 Å². The van der Waals surface area contributed by atoms with Gasteiger partial charge in [0.2, 0.25) is 0 Å². The predicted molar refractivity (Wildman–Crippen MR) is 110 cm³/mol. The van der Waals surface area contributed by atoms with E-state index in [2.05, 4.69) is 36.6 Å². The lowest BCUT2D eigenvalue weighted by molar-refractivity contribution is -0.0898. The molecule has 0 bridgehead atoms. The molecule has 0 amide bonds. The Morgan fingerprint density at radius 1 is 1.22 bits per heavy atom. The zero-order valence-electron chi connectivity index (χ0n) is 15.7. The first-order chi connectivity index (χ1) is 13.0. The van der Waals surface area contributed by atoms with Crippen LogP contribution in [0.15, 0.2) is 35.2 Å². The number of thioether (sulfide) groups is 1. The normalized spacial score (nSPS) is 24.5. The molecule has 2 aliphatic rings. The Morgan fingerprint density at radius 2 is 2.00 bits per heavy atom. The van der Waals surface area contributed by atoms with Crippen molar-refractivity contribution < 1.29 is 14.6 Å². The van der Waals surface area contributed by atoms with Gasteiger partial charge in [-0.05, 0) is 54.8 Å². The summed E-state index contributed by atoms with van der Waals surface area (Å²) in [5, 5.41) is 10.9. The van der Waals surface area contributed by atoms with Crippen LogP contribution < -0.4 is 4.74 Å². The van der Waals surface area contributed by atoms with Crippen molar-refractivity contribution >= 4 is 23.4 Å². The van der Waals surface area contributed by atoms with E-state index in [-0.39, 0.29) is 18.3 Å². The summed E-state index contributed by atoms with van der Waals surface area (Å²) in [6.07, 6.45) is 4.62. The summed E-state index contributed by atoms with van der Waals surface area (Å²) < 4.78 is 12.1. The largest absolute Gasteiger partial charge is 0.491 e. The summed E-state index contributed by atoms with van der Waals surface area (Å²) in [6, 6.07) is 10.8. The monoisotopic (exact) mass is 404 g/mol. The number of aliphatic hydroxyl groups excluding tert-OH is 1. The van der Waals surface area contributed by atoms with Crippen molar-refractivity contribution in [2.75, 3.05) is 12.9 Å². The smallest absolute Gasteiger partial charge is 0.141 e. The molecule has 0 saturated carbocycles. The number of halogens is 1. The van der Waals surface area contributed by atoms with Gasteiger partial charge in [0.25, 0.3) is 0 Å². The molecule has 2 heterocycles. The third-order valence-electron chi connectivity index (χ3n) is 5.42. The molecule has 3 nitrogen and oxygen atoms in total. The molecule has 27 heavy (non-hydrogen) atoms. The van der Waals surface area contributed by atoms with Crippen molar-refractivity contribution in [3.8, 4) is 5.75 Å². The van der Waals surface area contributed by atoms with E-state index in [0.29, 0.717) is 24.5 Å². The zero-order valence-corrected chi connectivity index (χ0v) is 17.3. The minimum Gasteiger partial charge on any atom is -0.491 e. The van der Waals surface area contributed by atoms with E-state index in [1.54, 1.807) is 11.8 Å². The van der Waals surface area contributed by atoms with E-state index >= 15 is 0 Å². The average Bonchev–Trinajstić information content (AvgIpc) is 3.14. The van der Waals surface area contributed by atoms with Gasteiger partial charge in [0.1, 0.15) is 5.75 Å². The van der Waals surface area contributed by atoms with Crippen molar-refractivity contribution in [3.63, 3.8) is 0 Å². The summed E-state index contributed by atoms with van der Waals surface area (Å²) >= 11 is 8.45. The SMILES string of the molecule is CSc1ccc(Cc2cc(C3CC(O)CC(C)O3)c3c(c2Cl)OCC3)cc1. The van der Waals surface area contributed by atoms with Gasteiger partial charge in [-0.2, -0.15) is 0 Å². The predicted octanol–water partition coefficient (Wildman–Crippen LogP) is 5.19. The topological polar surface area (TPSA) is 38.7 Å². The van der Waals surface area contributed by atoms with Crippen molar-refractivity contribution in [1.29, 1.82) is 0 Å². The van der Waals surface area contributed by atoms with Crippen LogP contribution in [0.5, 0.6) is 5.75 Å². The van der Waals surface area contributed by atoms with Gasteiger partial charge in [-0.15, -0.1) is 11.8 Å². The van der Waals surface area contributed by atoms with E-state index in [1.165, 1.54) is 10.5 Å². The van der Waals surface area contributed by atoms with Crippen LogP contribution in [0.2, 0.25) is 5.02 Å². The Labute approximate surface area is 170 Å². The molecule has 3 atom stereocenters. The summed E-state index contributed by atoms with van der Waals surface area (Å²) in [4.78, 5) is 1.25. The summed E-state index contributed by atoms with van der Waals surface area (Å²) in [7, 11) is 0. The van der Waals surface area contributed by atoms with Crippen LogP contribution >= 0.6 is 23.4 Å². The molecule has 0 aromatic heterocycles. The maximum Gasteiger partial charge on any atom is 0.141 e. The van der Waals surface area contributed by atoms with Gasteiger partial charge in [-0.3, -0.25) is 0 Å². The van der Waals surface area contributed by atoms with Gasteiger partial charge in [-0.25, -0.2) is 0 Å². The minimum atomic E-state index is -0.324. The molecule has 4 rings (SSSR count). The van der Waals surface area contributed by atoms with E-state index in [0.717, 1.165) is 35.3 Å². The summed E-state index contributed by atoms with van der Waals surface area (Å²) in [5.41, 5.74) is 4.55. The molecule has 2 aliphatic heterocycles. The second-order valence-corrected chi connectivity index (χ2v) is 8.69. The molecule has 144 valence electrons. The molecule has 2 aromatic carbocycles. The lowest BCUT2D eigenvalue weighted by atomic mass is 9.90. The zero-order chi connectivity index (χ0) is 19.0. The molecular formula is C22H25ClO3S. The summed E-state index contributed by atoms with van der Waals surface area (Å²) in [5.74, 6) is 0.807. The first kappa shape index (κ1) is 19.1. The molecule has 1 fully saturated rings. The molecule has 0 radical (unpaired) electrons. The number of hydrogen-bond donors (Lipinski definition) is 1. The number of hydrogen-bond acceptors (Lipinski definition) is 4. The first-order valence-corrected chi connectivity index (χ1v) is 11.1. The number of aliphatic hydroxyl groups is 1. The second-order valence-electron chi connectivity index (χ2n) is 7.43. The fourth-order valence-corrected chi connectivity index (χ4v) is 4.81. The van der Waals surface area contributed by atoms with Crippen molar-refractivity contribution in [2.24, 2.45) is 0 Å². The number of benzene rings is 2. The molecule has 5 heteroatoms. The lowest BCUT2D eigenvalue weighted by Crippen LogP contribution is -2.29. The standard InChI is InChI=1S/C22H25ClO3S/c1-13-9-16(24)12-20(26-13)19-11-15(21(23)22-18(19)7-8-25-22)10-14-3-5-17(27-2)6-4-14/h3-6,11,13,16,20,24H,7-10,12H2,1-2H3. The van der Waals surface area contributed by atoms with Gasteiger partial charge in [0.15, 0.2) is 0 Å². The quantitative estimate of drug-likeness (QED) is 0.712. The second kappa shape index (κ2) is 8.04. The van der Waals surface area contributed by atoms with Gasteiger partial charge in [0, 0.05) is 23.3 Å². The highest BCUT2D eigenvalue weighted by Gasteiger charge is 2.32. The van der Waals surface area contributed by atoms with Crippen molar-refractivity contribution in [1.82, 2.24) is 0 Å². The Hall–Kier alpha value is -1.20. The number of ether oxygens (including phenoxy) is 2. The highest BCUT2D eigenvalue weighted by Crippen LogP contribution is 2.44. The maximum absolute atomic E-state index is 10.2. The van der Waals surface area contributed by atoms with Crippen molar-refractivity contribution in [3.05, 3.63) is 57.6 Å². The summed E-state index contributed by atoms with van der Waals surface area (Å²) in [6.45, 7) is 2.68. The average molecular weight is 405 g/mol. The molecule has 1 saturated heterocycles. The Morgan fingerprint density at radius 3 is 2.70 bits per heavy atom. The molecule has 3 unspecified atom stereocenters. The third-order valence-corrected chi connectivity index (χ3v) is 6.58. The first-order valence-electron chi connectivity index (χ1n) is 9.48. The third kappa shape index (κ3) is 4.00. The molecule has 0 spiro atoms. The Kier molecular flexibility index (Phi) is 5.70. The van der Waals surface area contributed by atoms with Crippen molar-refractivity contribution in [2.45, 2.75) is 55.8 Å². The maximum atomic E-state index is 10.2. The Bertz CT molecular complexity index is 811. The number of fused-ring (bicyclic) bond motifs is 1. The lowest BCUT2D eigenvalue weighted by Gasteiger charge is -2.33. The van der Waals surface area contributed by atoms with E-state index in [1.807, 2.05) is 6.92 Å². The van der Waals surface area contributed by atoms with Crippen LogP contribution in [0, 0.1) is 0 Å². The van der Waals surface area contributed by atoms with Gasteiger partial charge in [-0.1, -0.05) is 29.8 Å². The molecule has 0 aliphatic carbocycles. The van der Waals surface area contributed by atoms with Gasteiger partial charge in [0.05, 0.1) is 29.9 Å². The highest BCUT2D eigenvalue weighted by molar-refractivity contribution is 7.98. The molecule has 2 aromatic rings. The van der Waals surface area contributed by atoms with Crippen LogP contribution in [-0.2, 0) is 17.6 Å².